The van der Waals surface area contributed by atoms with Crippen LogP contribution in [-0.2, 0) is 21.2 Å². The van der Waals surface area contributed by atoms with E-state index >= 15 is 0 Å². The number of methoxy groups -OCH3 is 1. The third-order valence-corrected chi connectivity index (χ3v) is 6.58. The summed E-state index contributed by atoms with van der Waals surface area (Å²) in [5, 5.41) is 2.80. The van der Waals surface area contributed by atoms with E-state index in [1.165, 1.54) is 0 Å². The van der Waals surface area contributed by atoms with E-state index in [0.717, 1.165) is 29.6 Å². The Bertz CT molecular complexity index is 1680. The largest absolute Gasteiger partial charge is 0.497 e. The molecule has 10 heteroatoms. The van der Waals surface area contributed by atoms with Gasteiger partial charge in [0.2, 0.25) is 15.9 Å². The average molecular weight is 558 g/mol. The van der Waals surface area contributed by atoms with Crippen LogP contribution in [0.5, 0.6) is 11.5 Å². The number of benzene rings is 4. The molecule has 9 nitrogen and oxygen atoms in total. The molecule has 0 saturated carbocycles. The van der Waals surface area contributed by atoms with E-state index in [9.17, 15) is 13.2 Å². The minimum absolute atomic E-state index is 0.108. The van der Waals surface area contributed by atoms with Crippen LogP contribution in [0.1, 0.15) is 23.1 Å². The van der Waals surface area contributed by atoms with Gasteiger partial charge in [-0.05, 0) is 78.2 Å². The Hall–Kier alpha value is -4.83. The highest BCUT2D eigenvalue weighted by Crippen LogP contribution is 2.27. The molecule has 0 saturated heterocycles. The van der Waals surface area contributed by atoms with E-state index in [0.29, 0.717) is 28.2 Å². The lowest BCUT2D eigenvalue weighted by Crippen LogP contribution is -2.26. The van der Waals surface area contributed by atoms with Gasteiger partial charge < -0.3 is 19.2 Å². The number of hydrogen-bond donors (Lipinski definition) is 2. The molecule has 204 valence electrons. The zero-order valence-electron chi connectivity index (χ0n) is 21.8. The minimum Gasteiger partial charge on any atom is -0.497 e. The molecule has 5 rings (SSSR count). The number of nitrogens with zero attached hydrogens (tertiary/aromatic N) is 1. The number of fused-ring (bicyclic) bond motifs is 1. The Morgan fingerprint density at radius 2 is 1.45 bits per heavy atom. The number of carbonyl (C=O) groups excluding carboxylic acids is 1. The smallest absolute Gasteiger partial charge is 0.275 e. The molecule has 0 fully saturated rings. The number of carbonyl (C=O) groups is 1. The highest BCUT2D eigenvalue weighted by Gasteiger charge is 2.29. The molecular formula is C30H27N3O6S. The maximum Gasteiger partial charge on any atom is 0.275 e. The van der Waals surface area contributed by atoms with Gasteiger partial charge in [-0.2, -0.15) is 0 Å². The second-order valence-electron chi connectivity index (χ2n) is 9.13. The molecule has 0 aliphatic heterocycles. The van der Waals surface area contributed by atoms with Crippen molar-refractivity contribution in [2.45, 2.75) is 12.5 Å². The summed E-state index contributed by atoms with van der Waals surface area (Å²) in [6.07, 6.45) is 0.605. The number of oxazole rings is 1. The van der Waals surface area contributed by atoms with E-state index in [4.69, 9.17) is 13.9 Å². The molecule has 1 aromatic heterocycles. The van der Waals surface area contributed by atoms with Crippen molar-refractivity contribution in [2.75, 3.05) is 23.4 Å². The van der Waals surface area contributed by atoms with Crippen molar-refractivity contribution in [3.63, 3.8) is 0 Å². The fourth-order valence-corrected chi connectivity index (χ4v) is 4.63. The Morgan fingerprint density at radius 1 is 0.850 bits per heavy atom. The van der Waals surface area contributed by atoms with Gasteiger partial charge in [0.25, 0.3) is 12.0 Å². The topological polar surface area (TPSA) is 120 Å². The summed E-state index contributed by atoms with van der Waals surface area (Å²) in [6, 6.07) is 28.8. The molecule has 0 aliphatic carbocycles. The molecule has 1 unspecified atom stereocenters. The average Bonchev–Trinajstić information content (AvgIpc) is 3.37. The normalized spacial score (nSPS) is 12.1. The number of nitrogens with one attached hydrogen (secondary N) is 2. The Morgan fingerprint density at radius 3 is 2.05 bits per heavy atom. The van der Waals surface area contributed by atoms with Crippen molar-refractivity contribution in [1.29, 1.82) is 0 Å². The summed E-state index contributed by atoms with van der Waals surface area (Å²) < 4.78 is 42.5. The van der Waals surface area contributed by atoms with Gasteiger partial charge in [-0.25, -0.2) is 13.4 Å². The Kier molecular flexibility index (Phi) is 7.70. The first-order valence-electron chi connectivity index (χ1n) is 12.4. The second-order valence-corrected chi connectivity index (χ2v) is 10.9. The maximum absolute atomic E-state index is 13.4. The van der Waals surface area contributed by atoms with Crippen LogP contribution in [0.4, 0.5) is 11.4 Å². The molecule has 0 aliphatic rings. The van der Waals surface area contributed by atoms with E-state index < -0.39 is 22.0 Å². The van der Waals surface area contributed by atoms with E-state index in [2.05, 4.69) is 15.0 Å². The third kappa shape index (κ3) is 6.78. The van der Waals surface area contributed by atoms with Gasteiger partial charge in [-0.3, -0.25) is 9.52 Å². The van der Waals surface area contributed by atoms with Crippen molar-refractivity contribution in [3.05, 3.63) is 114 Å². The summed E-state index contributed by atoms with van der Waals surface area (Å²) in [4.78, 5) is 17.9. The third-order valence-electron chi connectivity index (χ3n) is 5.97. The van der Waals surface area contributed by atoms with Gasteiger partial charge in [0.1, 0.15) is 17.0 Å². The molecule has 2 N–H and O–H groups in total. The summed E-state index contributed by atoms with van der Waals surface area (Å²) in [5.74, 6) is 0.875. The number of sulfonamides is 1. The van der Waals surface area contributed by atoms with E-state index in [-0.39, 0.29) is 5.89 Å². The first kappa shape index (κ1) is 26.8. The van der Waals surface area contributed by atoms with Gasteiger partial charge in [0, 0.05) is 11.4 Å². The fraction of sp³-hybridized carbons (Fsp3) is 0.133. The Labute approximate surface area is 231 Å². The SMILES string of the molecule is COc1ccc(Cc2ccc(OC(C(=O)Nc3ccc(NS(C)(=O)=O)cc3)c3nc4ccccc4o3)cc2)cc1. The van der Waals surface area contributed by atoms with Crippen molar-refractivity contribution in [1.82, 2.24) is 4.98 Å². The molecule has 1 heterocycles. The summed E-state index contributed by atoms with van der Waals surface area (Å²) >= 11 is 0. The van der Waals surface area contributed by atoms with Gasteiger partial charge >= 0.3 is 0 Å². The fourth-order valence-electron chi connectivity index (χ4n) is 4.06. The highest BCUT2D eigenvalue weighted by molar-refractivity contribution is 7.92. The van der Waals surface area contributed by atoms with Gasteiger partial charge in [0.05, 0.1) is 13.4 Å². The zero-order valence-corrected chi connectivity index (χ0v) is 22.6. The molecule has 1 atom stereocenters. The number of hydrogen-bond acceptors (Lipinski definition) is 7. The van der Waals surface area contributed by atoms with Crippen LogP contribution in [-0.4, -0.2) is 32.7 Å². The minimum atomic E-state index is -3.42. The maximum atomic E-state index is 13.4. The van der Waals surface area contributed by atoms with Crippen LogP contribution in [0.3, 0.4) is 0 Å². The quantitative estimate of drug-likeness (QED) is 0.231. The van der Waals surface area contributed by atoms with Gasteiger partial charge in [-0.15, -0.1) is 0 Å². The molecule has 40 heavy (non-hydrogen) atoms. The van der Waals surface area contributed by atoms with Crippen molar-refractivity contribution >= 4 is 38.4 Å². The van der Waals surface area contributed by atoms with Crippen molar-refractivity contribution in [3.8, 4) is 11.5 Å². The van der Waals surface area contributed by atoms with Crippen LogP contribution in [0.15, 0.2) is 101 Å². The molecule has 5 aromatic rings. The molecule has 1 amide bonds. The second kappa shape index (κ2) is 11.5. The summed E-state index contributed by atoms with van der Waals surface area (Å²) in [6.45, 7) is 0. The van der Waals surface area contributed by atoms with Gasteiger partial charge in [0.15, 0.2) is 5.58 Å². The van der Waals surface area contributed by atoms with Crippen LogP contribution in [0.25, 0.3) is 11.1 Å². The van der Waals surface area contributed by atoms with Crippen LogP contribution in [0.2, 0.25) is 0 Å². The van der Waals surface area contributed by atoms with Crippen LogP contribution < -0.4 is 19.5 Å². The first-order chi connectivity index (χ1) is 19.3. The highest BCUT2D eigenvalue weighted by atomic mass is 32.2. The number of para-hydroxylation sites is 2. The van der Waals surface area contributed by atoms with Crippen molar-refractivity contribution in [2.24, 2.45) is 0 Å². The lowest BCUT2D eigenvalue weighted by Gasteiger charge is -2.17. The molecule has 4 aromatic carbocycles. The predicted molar refractivity (Wildman–Crippen MR) is 153 cm³/mol. The van der Waals surface area contributed by atoms with Crippen LogP contribution in [0, 0.1) is 0 Å². The number of amides is 1. The summed E-state index contributed by atoms with van der Waals surface area (Å²) in [5.41, 5.74) is 4.17. The van der Waals surface area contributed by atoms with E-state index in [1.54, 1.807) is 55.6 Å². The van der Waals surface area contributed by atoms with E-state index in [1.807, 2.05) is 48.5 Å². The number of aromatic nitrogens is 1. The lowest BCUT2D eigenvalue weighted by molar-refractivity contribution is -0.123. The van der Waals surface area contributed by atoms with Gasteiger partial charge in [-0.1, -0.05) is 36.4 Å². The number of rotatable bonds is 10. The molecule has 0 spiro atoms. The predicted octanol–water partition coefficient (Wildman–Crippen LogP) is 5.56. The van der Waals surface area contributed by atoms with Crippen molar-refractivity contribution < 1.29 is 27.1 Å². The summed E-state index contributed by atoms with van der Waals surface area (Å²) in [7, 11) is -1.78. The lowest BCUT2D eigenvalue weighted by atomic mass is 10.0. The van der Waals surface area contributed by atoms with Crippen LogP contribution >= 0.6 is 0 Å². The molecular weight excluding hydrogens is 530 g/mol. The monoisotopic (exact) mass is 557 g/mol. The number of anilines is 2. The standard InChI is InChI=1S/C30H27N3O6S/c1-37-24-15-7-20(8-16-24)19-21-9-17-25(18-10-21)38-28(30-32-26-5-3-4-6-27(26)39-30)29(34)31-22-11-13-23(14-12-22)33-40(2,35)36/h3-18,28,33H,19H2,1-2H3,(H,31,34). The Balaban J connectivity index is 1.35. The number of ether oxygens (including phenoxy) is 2. The molecule has 0 bridgehead atoms. The first-order valence-corrected chi connectivity index (χ1v) is 14.3. The molecule has 0 radical (unpaired) electrons. The zero-order chi connectivity index (χ0) is 28.1.